The predicted molar refractivity (Wildman–Crippen MR) is 78.5 cm³/mol. The Morgan fingerprint density at radius 3 is 2.67 bits per heavy atom. The van der Waals surface area contributed by atoms with Crippen molar-refractivity contribution in [2.75, 3.05) is 6.54 Å². The summed E-state index contributed by atoms with van der Waals surface area (Å²) in [5.41, 5.74) is 6.33. The third kappa shape index (κ3) is 6.40. The SMILES string of the molecule is CC(C)C[C@H](CN)CC(=O)N[C@H](Cc1cnc[nH]1)C(=O)O. The summed E-state index contributed by atoms with van der Waals surface area (Å²) in [4.78, 5) is 29.9. The van der Waals surface area contributed by atoms with E-state index >= 15 is 0 Å². The first-order valence-electron chi connectivity index (χ1n) is 7.11. The maximum absolute atomic E-state index is 12.0. The molecule has 0 radical (unpaired) electrons. The highest BCUT2D eigenvalue weighted by Crippen LogP contribution is 2.14. The summed E-state index contributed by atoms with van der Waals surface area (Å²) >= 11 is 0. The molecule has 1 aromatic rings. The van der Waals surface area contributed by atoms with E-state index in [1.54, 1.807) is 6.20 Å². The summed E-state index contributed by atoms with van der Waals surface area (Å²) in [7, 11) is 0. The fourth-order valence-corrected chi connectivity index (χ4v) is 2.26. The van der Waals surface area contributed by atoms with Crippen LogP contribution in [0.5, 0.6) is 0 Å². The molecule has 0 bridgehead atoms. The van der Waals surface area contributed by atoms with E-state index in [0.29, 0.717) is 18.2 Å². The molecule has 1 aromatic heterocycles. The molecule has 1 amide bonds. The van der Waals surface area contributed by atoms with Gasteiger partial charge in [0.25, 0.3) is 0 Å². The minimum Gasteiger partial charge on any atom is -0.480 e. The first kappa shape index (κ1) is 17.2. The zero-order valence-electron chi connectivity index (χ0n) is 12.5. The van der Waals surface area contributed by atoms with E-state index in [1.165, 1.54) is 6.33 Å². The van der Waals surface area contributed by atoms with Gasteiger partial charge in [0, 0.05) is 24.7 Å². The van der Waals surface area contributed by atoms with Crippen LogP contribution in [0.4, 0.5) is 0 Å². The minimum atomic E-state index is -1.06. The number of nitrogens with two attached hydrogens (primary N) is 1. The predicted octanol–water partition coefficient (Wildman–Crippen LogP) is 0.533. The summed E-state index contributed by atoms with van der Waals surface area (Å²) in [5, 5.41) is 11.7. The van der Waals surface area contributed by atoms with Crippen LogP contribution in [0.2, 0.25) is 0 Å². The Bertz CT molecular complexity index is 445. The maximum Gasteiger partial charge on any atom is 0.326 e. The molecule has 0 aromatic carbocycles. The third-order valence-corrected chi connectivity index (χ3v) is 3.22. The van der Waals surface area contributed by atoms with Crippen molar-refractivity contribution in [1.29, 1.82) is 0 Å². The van der Waals surface area contributed by atoms with Gasteiger partial charge in [-0.3, -0.25) is 4.79 Å². The fourth-order valence-electron chi connectivity index (χ4n) is 2.26. The number of hydrogen-bond acceptors (Lipinski definition) is 4. The van der Waals surface area contributed by atoms with Crippen LogP contribution >= 0.6 is 0 Å². The number of aromatic amines is 1. The van der Waals surface area contributed by atoms with Crippen molar-refractivity contribution < 1.29 is 14.7 Å². The zero-order chi connectivity index (χ0) is 15.8. The van der Waals surface area contributed by atoms with Crippen LogP contribution in [0.15, 0.2) is 12.5 Å². The summed E-state index contributed by atoms with van der Waals surface area (Å²) in [6.07, 6.45) is 4.30. The fraction of sp³-hybridized carbons (Fsp3) is 0.643. The monoisotopic (exact) mass is 296 g/mol. The number of nitrogens with zero attached hydrogens (tertiary/aromatic N) is 1. The molecule has 1 heterocycles. The lowest BCUT2D eigenvalue weighted by Crippen LogP contribution is -2.43. The molecular weight excluding hydrogens is 272 g/mol. The Kier molecular flexibility index (Phi) is 6.87. The Morgan fingerprint density at radius 1 is 1.48 bits per heavy atom. The van der Waals surface area contributed by atoms with Crippen molar-refractivity contribution in [3.05, 3.63) is 18.2 Å². The smallest absolute Gasteiger partial charge is 0.326 e. The molecular formula is C14H24N4O3. The minimum absolute atomic E-state index is 0.0756. The van der Waals surface area contributed by atoms with Crippen LogP contribution < -0.4 is 11.1 Å². The number of carbonyl (C=O) groups excluding carboxylic acids is 1. The summed E-state index contributed by atoms with van der Waals surface area (Å²) in [6, 6.07) is -0.963. The van der Waals surface area contributed by atoms with Crippen LogP contribution in [0.1, 0.15) is 32.4 Å². The van der Waals surface area contributed by atoms with E-state index in [2.05, 4.69) is 29.1 Å². The van der Waals surface area contributed by atoms with Crippen LogP contribution in [-0.4, -0.2) is 39.5 Å². The number of carboxylic acid groups (broad SMARTS) is 1. The van der Waals surface area contributed by atoms with Crippen molar-refractivity contribution in [3.8, 4) is 0 Å². The molecule has 0 saturated carbocycles. The lowest BCUT2D eigenvalue weighted by Gasteiger charge is -2.19. The number of carboxylic acids is 1. The number of H-pyrrole nitrogens is 1. The first-order chi connectivity index (χ1) is 9.92. The Labute approximate surface area is 124 Å². The average molecular weight is 296 g/mol. The lowest BCUT2D eigenvalue weighted by atomic mass is 9.94. The largest absolute Gasteiger partial charge is 0.480 e. The van der Waals surface area contributed by atoms with Gasteiger partial charge in [-0.25, -0.2) is 9.78 Å². The molecule has 0 spiro atoms. The standard InChI is InChI=1S/C14H24N4O3/c1-9(2)3-10(6-15)4-13(19)18-12(14(20)21)5-11-7-16-8-17-11/h7-10,12H,3-6,15H2,1-2H3,(H,16,17)(H,18,19)(H,20,21)/t10-,12+/m0/s1. The van der Waals surface area contributed by atoms with E-state index < -0.39 is 12.0 Å². The van der Waals surface area contributed by atoms with Gasteiger partial charge < -0.3 is 21.1 Å². The molecule has 5 N–H and O–H groups in total. The Morgan fingerprint density at radius 2 is 2.19 bits per heavy atom. The summed E-state index contributed by atoms with van der Waals surface area (Å²) in [6.45, 7) is 4.56. The molecule has 7 heteroatoms. The van der Waals surface area contributed by atoms with Crippen molar-refractivity contribution in [2.24, 2.45) is 17.6 Å². The van der Waals surface area contributed by atoms with Gasteiger partial charge in [-0.2, -0.15) is 0 Å². The first-order valence-corrected chi connectivity index (χ1v) is 7.11. The van der Waals surface area contributed by atoms with Crippen molar-refractivity contribution in [3.63, 3.8) is 0 Å². The molecule has 1 rings (SSSR count). The number of amides is 1. The highest BCUT2D eigenvalue weighted by atomic mass is 16.4. The van der Waals surface area contributed by atoms with Crippen LogP contribution in [0, 0.1) is 11.8 Å². The average Bonchev–Trinajstić information content (AvgIpc) is 2.89. The van der Waals surface area contributed by atoms with Crippen molar-refractivity contribution in [2.45, 2.75) is 39.2 Å². The van der Waals surface area contributed by atoms with E-state index in [9.17, 15) is 14.7 Å². The summed E-state index contributed by atoms with van der Waals surface area (Å²) < 4.78 is 0. The molecule has 0 saturated heterocycles. The highest BCUT2D eigenvalue weighted by molar-refractivity contribution is 5.83. The Hall–Kier alpha value is -1.89. The number of rotatable bonds is 9. The maximum atomic E-state index is 12.0. The van der Waals surface area contributed by atoms with Gasteiger partial charge in [-0.1, -0.05) is 13.8 Å². The van der Waals surface area contributed by atoms with Gasteiger partial charge in [0.05, 0.1) is 6.33 Å². The quantitative estimate of drug-likeness (QED) is 0.529. The van der Waals surface area contributed by atoms with E-state index in [-0.39, 0.29) is 24.7 Å². The van der Waals surface area contributed by atoms with Gasteiger partial charge in [0.2, 0.25) is 5.91 Å². The molecule has 0 unspecified atom stereocenters. The van der Waals surface area contributed by atoms with Gasteiger partial charge in [-0.05, 0) is 24.8 Å². The van der Waals surface area contributed by atoms with Gasteiger partial charge >= 0.3 is 5.97 Å². The lowest BCUT2D eigenvalue weighted by molar-refractivity contribution is -0.142. The number of aromatic nitrogens is 2. The molecule has 118 valence electrons. The Balaban J connectivity index is 2.54. The molecule has 7 nitrogen and oxygen atoms in total. The normalized spacial score (nSPS) is 13.9. The van der Waals surface area contributed by atoms with Crippen molar-refractivity contribution >= 4 is 11.9 Å². The number of aliphatic carboxylic acids is 1. The van der Waals surface area contributed by atoms with Crippen LogP contribution in [-0.2, 0) is 16.0 Å². The van der Waals surface area contributed by atoms with Gasteiger partial charge in [-0.15, -0.1) is 0 Å². The number of nitrogens with one attached hydrogen (secondary N) is 2. The molecule has 2 atom stereocenters. The molecule has 0 aliphatic heterocycles. The van der Waals surface area contributed by atoms with Crippen molar-refractivity contribution in [1.82, 2.24) is 15.3 Å². The second kappa shape index (κ2) is 8.41. The van der Waals surface area contributed by atoms with Gasteiger partial charge in [0.15, 0.2) is 0 Å². The van der Waals surface area contributed by atoms with E-state index in [1.807, 2.05) is 0 Å². The summed E-state index contributed by atoms with van der Waals surface area (Å²) in [5.74, 6) is -0.817. The third-order valence-electron chi connectivity index (χ3n) is 3.22. The second-order valence-corrected chi connectivity index (χ2v) is 5.67. The molecule has 0 aliphatic carbocycles. The van der Waals surface area contributed by atoms with E-state index in [0.717, 1.165) is 6.42 Å². The second-order valence-electron chi connectivity index (χ2n) is 5.67. The number of hydrogen-bond donors (Lipinski definition) is 4. The topological polar surface area (TPSA) is 121 Å². The molecule has 0 fully saturated rings. The zero-order valence-corrected chi connectivity index (χ0v) is 12.5. The number of imidazole rings is 1. The van der Waals surface area contributed by atoms with Crippen LogP contribution in [0.25, 0.3) is 0 Å². The highest BCUT2D eigenvalue weighted by Gasteiger charge is 2.22. The van der Waals surface area contributed by atoms with E-state index in [4.69, 9.17) is 5.73 Å². The number of carbonyl (C=O) groups is 2. The van der Waals surface area contributed by atoms with Crippen LogP contribution in [0.3, 0.4) is 0 Å². The molecule has 0 aliphatic rings. The molecule has 21 heavy (non-hydrogen) atoms. The van der Waals surface area contributed by atoms with Gasteiger partial charge in [0.1, 0.15) is 6.04 Å².